The maximum atomic E-state index is 15.0. The number of hydrogen-bond acceptors (Lipinski definition) is 7. The second-order valence-electron chi connectivity index (χ2n) is 8.42. The Kier molecular flexibility index (Phi) is 5.44. The van der Waals surface area contributed by atoms with Crippen LogP contribution in [0.15, 0.2) is 29.4 Å². The van der Waals surface area contributed by atoms with Crippen LogP contribution in [0.4, 0.5) is 14.6 Å². The summed E-state index contributed by atoms with van der Waals surface area (Å²) in [6.07, 6.45) is 1.42. The van der Waals surface area contributed by atoms with Crippen LogP contribution >= 0.6 is 22.1 Å². The fourth-order valence-electron chi connectivity index (χ4n) is 4.21. The molecule has 2 aromatic rings. The van der Waals surface area contributed by atoms with Gasteiger partial charge in [0, 0.05) is 6.54 Å². The largest absolute Gasteiger partial charge is 0.386 e. The van der Waals surface area contributed by atoms with Crippen molar-refractivity contribution in [3.63, 3.8) is 0 Å². The van der Waals surface area contributed by atoms with Crippen molar-refractivity contribution in [3.05, 3.63) is 52.4 Å². The highest BCUT2D eigenvalue weighted by Crippen LogP contribution is 2.67. The first-order chi connectivity index (χ1) is 14.9. The predicted molar refractivity (Wildman–Crippen MR) is 121 cm³/mol. The number of hydrogen-bond donors (Lipinski definition) is 4. The first-order valence-corrected chi connectivity index (χ1v) is 11.9. The number of nitrogens with zero attached hydrogens (tertiary/aromatic N) is 3. The van der Waals surface area contributed by atoms with Crippen molar-refractivity contribution < 1.29 is 18.1 Å². The molecule has 0 saturated carbocycles. The molecule has 5 N–H and O–H groups in total. The molecule has 1 unspecified atom stereocenters. The van der Waals surface area contributed by atoms with Crippen molar-refractivity contribution >= 4 is 39.7 Å². The lowest BCUT2D eigenvalue weighted by atomic mass is 9.90. The van der Waals surface area contributed by atoms with Crippen molar-refractivity contribution in [1.29, 1.82) is 0 Å². The molecule has 2 aliphatic rings. The van der Waals surface area contributed by atoms with E-state index in [0.717, 1.165) is 18.3 Å². The Labute approximate surface area is 190 Å². The van der Waals surface area contributed by atoms with Gasteiger partial charge in [-0.1, -0.05) is 22.1 Å². The molecule has 0 radical (unpaired) electrons. The van der Waals surface area contributed by atoms with Gasteiger partial charge in [0.05, 0.1) is 21.2 Å². The highest BCUT2D eigenvalue weighted by atomic mass is 35.5. The summed E-state index contributed by atoms with van der Waals surface area (Å²) in [5, 5.41) is 1.88. The minimum atomic E-state index is -2.50. The number of aromatic nitrogens is 2. The summed E-state index contributed by atoms with van der Waals surface area (Å²) in [4.78, 5) is 25.2. The third-order valence-corrected chi connectivity index (χ3v) is 10.3. The lowest BCUT2D eigenvalue weighted by Crippen LogP contribution is -2.57. The number of aliphatic imine (C=N–C) groups is 1. The third-order valence-electron chi connectivity index (χ3n) is 6.10. The minimum Gasteiger partial charge on any atom is -0.386 e. The second kappa shape index (κ2) is 7.62. The van der Waals surface area contributed by atoms with Gasteiger partial charge in [0.2, 0.25) is 0 Å². The molecule has 1 amide bonds. The van der Waals surface area contributed by atoms with Gasteiger partial charge in [-0.2, -0.15) is 0 Å². The van der Waals surface area contributed by atoms with E-state index in [-0.39, 0.29) is 28.1 Å². The van der Waals surface area contributed by atoms with Crippen LogP contribution in [0.25, 0.3) is 0 Å². The quantitative estimate of drug-likeness (QED) is 0.527. The summed E-state index contributed by atoms with van der Waals surface area (Å²) < 4.78 is 42.2. The van der Waals surface area contributed by atoms with E-state index in [0.29, 0.717) is 13.0 Å². The summed E-state index contributed by atoms with van der Waals surface area (Å²) in [6, 6.07) is 3.40. The Bertz CT molecular complexity index is 1150. The molecular formula is C20H23ClF2N6O2S. The van der Waals surface area contributed by atoms with Gasteiger partial charge in [-0.15, -0.1) is 0 Å². The summed E-state index contributed by atoms with van der Waals surface area (Å²) in [5.74, 6) is -1.84. The summed E-state index contributed by atoms with van der Waals surface area (Å²) in [7, 11) is -2.50. The Morgan fingerprint density at radius 1 is 1.38 bits per heavy atom. The highest BCUT2D eigenvalue weighted by Gasteiger charge is 2.61. The molecule has 0 aromatic carbocycles. The van der Waals surface area contributed by atoms with E-state index in [1.165, 1.54) is 6.07 Å². The monoisotopic (exact) mass is 484 g/mol. The number of carbonyl (C=O) groups excluding carboxylic acids is 1. The Morgan fingerprint density at radius 2 is 2.09 bits per heavy atom. The zero-order valence-corrected chi connectivity index (χ0v) is 19.2. The average Bonchev–Trinajstić information content (AvgIpc) is 3.13. The van der Waals surface area contributed by atoms with Crippen LogP contribution in [0.3, 0.4) is 0 Å². The van der Waals surface area contributed by atoms with Crippen LogP contribution in [0, 0.1) is 11.6 Å². The molecule has 1 saturated heterocycles. The SMILES string of the molecule is CC1(C)C(N)=N[C@](C)(c2nc(NC(=O)c3ncc(F)cc3Cl)ccc2F)[C@@H]2CCNS21O. The van der Waals surface area contributed by atoms with Gasteiger partial charge in [-0.05, 0) is 45.4 Å². The van der Waals surface area contributed by atoms with Gasteiger partial charge in [0.15, 0.2) is 0 Å². The molecule has 2 aromatic heterocycles. The van der Waals surface area contributed by atoms with Crippen molar-refractivity contribution in [1.82, 2.24) is 14.7 Å². The minimum absolute atomic E-state index is 0.0258. The van der Waals surface area contributed by atoms with Gasteiger partial charge >= 0.3 is 0 Å². The number of amides is 1. The summed E-state index contributed by atoms with van der Waals surface area (Å²) in [6.45, 7) is 5.84. The normalized spacial score (nSPS) is 30.7. The van der Waals surface area contributed by atoms with Crippen LogP contribution in [0.2, 0.25) is 5.02 Å². The average molecular weight is 485 g/mol. The van der Waals surface area contributed by atoms with E-state index in [2.05, 4.69) is 25.0 Å². The molecule has 32 heavy (non-hydrogen) atoms. The fraction of sp³-hybridized carbons (Fsp3) is 0.400. The highest BCUT2D eigenvalue weighted by molar-refractivity contribution is 8.29. The van der Waals surface area contributed by atoms with Crippen molar-refractivity contribution in [2.75, 3.05) is 11.9 Å². The zero-order chi connectivity index (χ0) is 23.5. The summed E-state index contributed by atoms with van der Waals surface area (Å²) >= 11 is 5.90. The van der Waals surface area contributed by atoms with Crippen LogP contribution in [-0.2, 0) is 5.54 Å². The molecule has 3 atom stereocenters. The van der Waals surface area contributed by atoms with E-state index in [1.807, 2.05) is 13.8 Å². The van der Waals surface area contributed by atoms with Crippen LogP contribution < -0.4 is 15.8 Å². The van der Waals surface area contributed by atoms with E-state index in [4.69, 9.17) is 17.3 Å². The number of nitrogens with one attached hydrogen (secondary N) is 2. The molecule has 0 spiro atoms. The molecule has 12 heteroatoms. The van der Waals surface area contributed by atoms with Gasteiger partial charge in [-0.3, -0.25) is 14.5 Å². The van der Waals surface area contributed by atoms with Gasteiger partial charge < -0.3 is 15.6 Å². The molecule has 4 heterocycles. The topological polar surface area (TPSA) is 126 Å². The number of amidine groups is 1. The second-order valence-corrected chi connectivity index (χ2v) is 12.0. The molecule has 0 bridgehead atoms. The number of halogens is 3. The molecular weight excluding hydrogens is 462 g/mol. The molecule has 172 valence electrons. The lowest BCUT2D eigenvalue weighted by Gasteiger charge is -2.55. The number of anilines is 1. The first-order valence-electron chi connectivity index (χ1n) is 9.84. The molecule has 4 rings (SSSR count). The van der Waals surface area contributed by atoms with Crippen LogP contribution in [0.5, 0.6) is 0 Å². The van der Waals surface area contributed by atoms with Crippen molar-refractivity contribution in [2.45, 2.75) is 42.7 Å². The van der Waals surface area contributed by atoms with E-state index in [9.17, 15) is 13.7 Å². The molecule has 8 nitrogen and oxygen atoms in total. The van der Waals surface area contributed by atoms with Gasteiger partial charge in [0.1, 0.15) is 40.2 Å². The predicted octanol–water partition coefficient (Wildman–Crippen LogP) is 3.58. The van der Waals surface area contributed by atoms with Gasteiger partial charge in [-0.25, -0.2) is 18.7 Å². The summed E-state index contributed by atoms with van der Waals surface area (Å²) in [5.41, 5.74) is 4.73. The maximum absolute atomic E-state index is 15.0. The Hall–Kier alpha value is -2.34. The van der Waals surface area contributed by atoms with Crippen LogP contribution in [0.1, 0.15) is 43.4 Å². The number of pyridine rings is 2. The third kappa shape index (κ3) is 3.35. The number of fused-ring (bicyclic) bond motifs is 1. The smallest absolute Gasteiger partial charge is 0.276 e. The fourth-order valence-corrected chi connectivity index (χ4v) is 7.80. The standard InChI is InChI=1S/C20H23ClF2N6O2S/c1-19(2)18(24)29-20(3,13-6-7-26-32(13,19)31)16-12(23)4-5-14(27-16)28-17(30)15-11(21)8-10(22)9-25-15/h4-5,8-9,13,26,31H,6-7H2,1-3H3,(H2,24,29)(H,27,28,30)/t13-,20-/m0/s1. The first kappa shape index (κ1) is 22.8. The Balaban J connectivity index is 1.74. The number of rotatable bonds is 3. The van der Waals surface area contributed by atoms with Crippen molar-refractivity contribution in [3.8, 4) is 0 Å². The molecule has 0 aliphatic carbocycles. The van der Waals surface area contributed by atoms with Crippen molar-refractivity contribution in [2.24, 2.45) is 10.7 Å². The Morgan fingerprint density at radius 3 is 2.78 bits per heavy atom. The maximum Gasteiger partial charge on any atom is 0.276 e. The molecule has 2 aliphatic heterocycles. The molecule has 1 fully saturated rings. The van der Waals surface area contributed by atoms with E-state index < -0.39 is 43.6 Å². The zero-order valence-electron chi connectivity index (χ0n) is 17.6. The van der Waals surface area contributed by atoms with E-state index in [1.54, 1.807) is 6.92 Å². The lowest BCUT2D eigenvalue weighted by molar-refractivity contribution is 0.102. The van der Waals surface area contributed by atoms with E-state index >= 15 is 4.39 Å². The van der Waals surface area contributed by atoms with Gasteiger partial charge in [0.25, 0.3) is 5.91 Å². The van der Waals surface area contributed by atoms with Crippen LogP contribution in [-0.4, -0.2) is 42.8 Å². The number of carbonyl (C=O) groups is 1. The number of nitrogens with two attached hydrogens (primary N) is 1.